The highest BCUT2D eigenvalue weighted by molar-refractivity contribution is 5.80. The first-order valence-corrected chi connectivity index (χ1v) is 6.87. The van der Waals surface area contributed by atoms with E-state index < -0.39 is 6.10 Å². The molecular weight excluding hydrogens is 264 g/mol. The molecule has 0 aliphatic heterocycles. The fourth-order valence-corrected chi connectivity index (χ4v) is 0.715. The molecule has 1 atom stereocenters. The molecule has 0 fully saturated rings. The molecule has 0 aliphatic rings. The summed E-state index contributed by atoms with van der Waals surface area (Å²) in [6.07, 6.45) is -0.0582. The van der Waals surface area contributed by atoms with E-state index >= 15 is 0 Å². The second-order valence-corrected chi connectivity index (χ2v) is 3.82. The number of ketones is 1. The zero-order chi connectivity index (χ0) is 16.4. The number of Topliss-reactive ketones (excluding diaryl/α,β-unsaturated/α-hetero) is 1. The fourth-order valence-electron chi connectivity index (χ4n) is 0.715. The summed E-state index contributed by atoms with van der Waals surface area (Å²) in [6.45, 7) is 10.6. The topological polar surface area (TPSA) is 93.1 Å². The van der Waals surface area contributed by atoms with Crippen molar-refractivity contribution in [1.29, 1.82) is 0 Å². The molecule has 0 saturated heterocycles. The van der Waals surface area contributed by atoms with E-state index in [1.165, 1.54) is 13.8 Å². The molecule has 0 radical (unpaired) electrons. The standard InChI is InChI=1S/C7H12O3.C4H10O.C3H8O2/c1-3-10-7(9)5-4-6(2)8;1-3-5-4-2;1-3(5)2-4/h3-5H2,1-2H3;3-4H2,1-2H3;3-5H,2H2,1H3. The van der Waals surface area contributed by atoms with Crippen LogP contribution >= 0.6 is 0 Å². The van der Waals surface area contributed by atoms with Gasteiger partial charge in [-0.3, -0.25) is 4.79 Å². The first-order valence-electron chi connectivity index (χ1n) is 6.87. The highest BCUT2D eigenvalue weighted by Gasteiger charge is 2.02. The van der Waals surface area contributed by atoms with E-state index in [2.05, 4.69) is 4.74 Å². The maximum absolute atomic E-state index is 10.6. The molecule has 0 rings (SSSR count). The van der Waals surface area contributed by atoms with Gasteiger partial charge in [-0.25, -0.2) is 0 Å². The third-order valence-corrected chi connectivity index (χ3v) is 1.66. The van der Waals surface area contributed by atoms with Crippen LogP contribution < -0.4 is 0 Å². The van der Waals surface area contributed by atoms with Crippen LogP contribution in [0.15, 0.2) is 0 Å². The van der Waals surface area contributed by atoms with Crippen molar-refractivity contribution in [3.63, 3.8) is 0 Å². The maximum atomic E-state index is 10.6. The van der Waals surface area contributed by atoms with E-state index in [1.807, 2.05) is 13.8 Å². The quantitative estimate of drug-likeness (QED) is 0.688. The third-order valence-electron chi connectivity index (χ3n) is 1.66. The molecular formula is C14H30O6. The lowest BCUT2D eigenvalue weighted by Gasteiger charge is -1.97. The summed E-state index contributed by atoms with van der Waals surface area (Å²) in [6, 6.07) is 0. The molecule has 0 aliphatic carbocycles. The Labute approximate surface area is 122 Å². The summed E-state index contributed by atoms with van der Waals surface area (Å²) >= 11 is 0. The van der Waals surface area contributed by atoms with Crippen molar-refractivity contribution in [3.8, 4) is 0 Å². The van der Waals surface area contributed by atoms with E-state index in [-0.39, 0.29) is 24.8 Å². The molecule has 0 spiro atoms. The number of rotatable bonds is 7. The van der Waals surface area contributed by atoms with Gasteiger partial charge in [0, 0.05) is 19.6 Å². The van der Waals surface area contributed by atoms with E-state index in [9.17, 15) is 9.59 Å². The maximum Gasteiger partial charge on any atom is 0.306 e. The van der Waals surface area contributed by atoms with Crippen molar-refractivity contribution in [2.75, 3.05) is 26.4 Å². The molecule has 1 unspecified atom stereocenters. The molecule has 0 heterocycles. The van der Waals surface area contributed by atoms with Gasteiger partial charge in [0.1, 0.15) is 5.78 Å². The Morgan fingerprint density at radius 3 is 1.70 bits per heavy atom. The fraction of sp³-hybridized carbons (Fsp3) is 0.857. The van der Waals surface area contributed by atoms with Crippen LogP contribution in [0.5, 0.6) is 0 Å². The first-order chi connectivity index (χ1) is 9.35. The summed E-state index contributed by atoms with van der Waals surface area (Å²) in [5.74, 6) is -0.272. The molecule has 6 heteroatoms. The van der Waals surface area contributed by atoms with Crippen LogP contribution in [0.1, 0.15) is 47.5 Å². The van der Waals surface area contributed by atoms with Crippen molar-refractivity contribution in [1.82, 2.24) is 0 Å². The SMILES string of the molecule is CC(O)CO.CCOC(=O)CCC(C)=O.CCOCC. The van der Waals surface area contributed by atoms with E-state index in [1.54, 1.807) is 6.92 Å². The Bertz CT molecular complexity index is 214. The first kappa shape index (κ1) is 24.1. The lowest BCUT2D eigenvalue weighted by atomic mass is 10.2. The zero-order valence-corrected chi connectivity index (χ0v) is 13.3. The third kappa shape index (κ3) is 36.0. The molecule has 0 aromatic carbocycles. The lowest BCUT2D eigenvalue weighted by molar-refractivity contribution is -0.144. The zero-order valence-electron chi connectivity index (χ0n) is 13.3. The van der Waals surface area contributed by atoms with Gasteiger partial charge < -0.3 is 24.5 Å². The molecule has 6 nitrogen and oxygen atoms in total. The van der Waals surface area contributed by atoms with Crippen LogP contribution in [0, 0.1) is 0 Å². The number of hydrogen-bond acceptors (Lipinski definition) is 6. The van der Waals surface area contributed by atoms with Crippen molar-refractivity contribution in [3.05, 3.63) is 0 Å². The van der Waals surface area contributed by atoms with Gasteiger partial charge in [0.25, 0.3) is 0 Å². The minimum atomic E-state index is -0.560. The van der Waals surface area contributed by atoms with Crippen LogP contribution in [0.2, 0.25) is 0 Å². The Balaban J connectivity index is -0.000000244. The molecule has 2 N–H and O–H groups in total. The molecule has 122 valence electrons. The molecule has 0 aromatic rings. The Hall–Kier alpha value is -0.980. The average Bonchev–Trinajstić information content (AvgIpc) is 2.39. The predicted octanol–water partition coefficient (Wildman–Crippen LogP) is 1.32. The summed E-state index contributed by atoms with van der Waals surface area (Å²) in [7, 11) is 0. The Morgan fingerprint density at radius 2 is 1.50 bits per heavy atom. The normalized spacial score (nSPS) is 10.3. The van der Waals surface area contributed by atoms with Crippen molar-refractivity contribution in [2.45, 2.75) is 53.6 Å². The summed E-state index contributed by atoms with van der Waals surface area (Å²) in [5, 5.41) is 16.0. The van der Waals surface area contributed by atoms with E-state index in [4.69, 9.17) is 14.9 Å². The van der Waals surface area contributed by atoms with Crippen LogP contribution in [-0.2, 0) is 19.1 Å². The second-order valence-electron chi connectivity index (χ2n) is 3.82. The van der Waals surface area contributed by atoms with Crippen LogP contribution in [-0.4, -0.2) is 54.5 Å². The number of carbonyl (C=O) groups excluding carboxylic acids is 2. The number of hydrogen-bond donors (Lipinski definition) is 2. The second kappa shape index (κ2) is 20.3. The smallest absolute Gasteiger partial charge is 0.306 e. The average molecular weight is 294 g/mol. The minimum Gasteiger partial charge on any atom is -0.466 e. The van der Waals surface area contributed by atoms with Gasteiger partial charge >= 0.3 is 5.97 Å². The Morgan fingerprint density at radius 1 is 1.05 bits per heavy atom. The van der Waals surface area contributed by atoms with Crippen LogP contribution in [0.25, 0.3) is 0 Å². The van der Waals surface area contributed by atoms with Crippen molar-refractivity contribution < 1.29 is 29.3 Å². The van der Waals surface area contributed by atoms with Gasteiger partial charge in [0.15, 0.2) is 0 Å². The predicted molar refractivity (Wildman–Crippen MR) is 77.5 cm³/mol. The number of aliphatic hydroxyl groups excluding tert-OH is 2. The number of carbonyl (C=O) groups is 2. The van der Waals surface area contributed by atoms with Gasteiger partial charge in [-0.05, 0) is 34.6 Å². The minimum absolute atomic E-state index is 0.0213. The molecule has 0 amide bonds. The lowest BCUT2D eigenvalue weighted by Crippen LogP contribution is -2.05. The molecule has 0 bridgehead atoms. The van der Waals surface area contributed by atoms with Crippen LogP contribution in [0.4, 0.5) is 0 Å². The van der Waals surface area contributed by atoms with Crippen molar-refractivity contribution >= 4 is 11.8 Å². The summed E-state index contributed by atoms with van der Waals surface area (Å²) in [4.78, 5) is 20.9. The largest absolute Gasteiger partial charge is 0.466 e. The molecule has 0 aromatic heterocycles. The van der Waals surface area contributed by atoms with Gasteiger partial charge in [0.05, 0.1) is 25.7 Å². The highest BCUT2D eigenvalue weighted by Crippen LogP contribution is 1.92. The molecule has 0 saturated carbocycles. The monoisotopic (exact) mass is 294 g/mol. The highest BCUT2D eigenvalue weighted by atomic mass is 16.5. The van der Waals surface area contributed by atoms with Crippen molar-refractivity contribution in [2.24, 2.45) is 0 Å². The Kier molecular flexibility index (Phi) is 24.5. The molecule has 20 heavy (non-hydrogen) atoms. The summed E-state index contributed by atoms with van der Waals surface area (Å²) < 4.78 is 9.43. The van der Waals surface area contributed by atoms with Gasteiger partial charge in [0.2, 0.25) is 0 Å². The summed E-state index contributed by atoms with van der Waals surface area (Å²) in [5.41, 5.74) is 0. The van der Waals surface area contributed by atoms with E-state index in [0.29, 0.717) is 13.0 Å². The van der Waals surface area contributed by atoms with Crippen LogP contribution in [0.3, 0.4) is 0 Å². The van der Waals surface area contributed by atoms with Gasteiger partial charge in [-0.2, -0.15) is 0 Å². The van der Waals surface area contributed by atoms with E-state index in [0.717, 1.165) is 13.2 Å². The number of ether oxygens (including phenoxy) is 2. The number of esters is 1. The van der Waals surface area contributed by atoms with Gasteiger partial charge in [-0.1, -0.05) is 0 Å². The number of aliphatic hydroxyl groups is 2. The van der Waals surface area contributed by atoms with Gasteiger partial charge in [-0.15, -0.1) is 0 Å².